The van der Waals surface area contributed by atoms with Crippen LogP contribution in [0.25, 0.3) is 138 Å². The smallest absolute Gasteiger partial charge is 0.0730 e. The summed E-state index contributed by atoms with van der Waals surface area (Å²) >= 11 is 0. The molecule has 0 radical (unpaired) electrons. The van der Waals surface area contributed by atoms with Crippen LogP contribution in [0.1, 0.15) is 25.0 Å². The second kappa shape index (κ2) is 17.2. The maximum atomic E-state index is 5.48. The van der Waals surface area contributed by atoms with E-state index in [4.69, 9.17) is 4.98 Å². The van der Waals surface area contributed by atoms with Crippen LogP contribution in [0.4, 0.5) is 0 Å². The number of nitrogens with zero attached hydrogens (tertiary/aromatic N) is 2. The molecule has 2 heteroatoms. The van der Waals surface area contributed by atoms with E-state index in [9.17, 15) is 0 Å². The lowest BCUT2D eigenvalue weighted by Crippen LogP contribution is -2.14. The molecule has 0 amide bonds. The SMILES string of the molecule is CC1(C)c2ccccc2-c2cc(-c3ccc4c5ccccc5c5cc6c(cc5c4c3)c3cc(-c4ccccc4)ccc3n6-c3cc(-c4ccc(-c5ccccc5)cc4)nc(-c4ccc(-c5ccccc5)cc4)c3)ccc21. The lowest BCUT2D eigenvalue weighted by atomic mass is 9.82. The third kappa shape index (κ3) is 7.06. The predicted octanol–water partition coefficient (Wildman–Crippen LogP) is 19.9. The van der Waals surface area contributed by atoms with Crippen LogP contribution in [-0.4, -0.2) is 9.55 Å². The van der Waals surface area contributed by atoms with Crippen molar-refractivity contribution in [3.8, 4) is 83.8 Å². The van der Waals surface area contributed by atoms with Crippen molar-refractivity contribution in [2.45, 2.75) is 19.3 Å². The van der Waals surface area contributed by atoms with E-state index < -0.39 is 0 Å². The highest BCUT2D eigenvalue weighted by Gasteiger charge is 2.35. The van der Waals surface area contributed by atoms with Gasteiger partial charge in [0.2, 0.25) is 0 Å². The second-order valence-electron chi connectivity index (χ2n) is 21.1. The Morgan fingerprint density at radius 2 is 0.671 bits per heavy atom. The molecule has 1 aliphatic rings. The summed E-state index contributed by atoms with van der Waals surface area (Å²) in [5.41, 5.74) is 22.3. The molecule has 356 valence electrons. The molecule has 0 spiro atoms. The summed E-state index contributed by atoms with van der Waals surface area (Å²) in [6.45, 7) is 4.71. The summed E-state index contributed by atoms with van der Waals surface area (Å²) < 4.78 is 2.49. The predicted molar refractivity (Wildman–Crippen MR) is 321 cm³/mol. The molecular weight excluding hydrogens is 917 g/mol. The minimum atomic E-state index is -0.0461. The number of hydrogen-bond donors (Lipinski definition) is 0. The van der Waals surface area contributed by atoms with Gasteiger partial charge in [-0.15, -0.1) is 0 Å². The van der Waals surface area contributed by atoms with Crippen molar-refractivity contribution in [3.63, 3.8) is 0 Å². The zero-order chi connectivity index (χ0) is 50.5. The van der Waals surface area contributed by atoms with E-state index >= 15 is 0 Å². The fraction of sp³-hybridized carbons (Fsp3) is 0.0405. The van der Waals surface area contributed by atoms with Crippen molar-refractivity contribution in [1.82, 2.24) is 9.55 Å². The number of fused-ring (bicyclic) bond motifs is 12. The van der Waals surface area contributed by atoms with Gasteiger partial charge < -0.3 is 4.57 Å². The lowest BCUT2D eigenvalue weighted by molar-refractivity contribution is 0.660. The van der Waals surface area contributed by atoms with Crippen molar-refractivity contribution in [1.29, 1.82) is 0 Å². The van der Waals surface area contributed by atoms with Crippen molar-refractivity contribution in [3.05, 3.63) is 278 Å². The van der Waals surface area contributed by atoms with Crippen molar-refractivity contribution >= 4 is 54.1 Å². The van der Waals surface area contributed by atoms with Gasteiger partial charge in [0.1, 0.15) is 0 Å². The third-order valence-corrected chi connectivity index (χ3v) is 16.4. The normalized spacial score (nSPS) is 12.7. The molecule has 12 aromatic carbocycles. The first kappa shape index (κ1) is 43.9. The van der Waals surface area contributed by atoms with Gasteiger partial charge in [0.05, 0.1) is 28.1 Å². The van der Waals surface area contributed by atoms with Crippen LogP contribution in [-0.2, 0) is 5.41 Å². The van der Waals surface area contributed by atoms with Gasteiger partial charge in [-0.1, -0.05) is 232 Å². The zero-order valence-electron chi connectivity index (χ0n) is 42.3. The van der Waals surface area contributed by atoms with Gasteiger partial charge >= 0.3 is 0 Å². The third-order valence-electron chi connectivity index (χ3n) is 16.4. The second-order valence-corrected chi connectivity index (χ2v) is 21.1. The average molecular weight is 967 g/mol. The highest BCUT2D eigenvalue weighted by molar-refractivity contribution is 6.29. The van der Waals surface area contributed by atoms with E-state index in [1.807, 2.05) is 0 Å². The van der Waals surface area contributed by atoms with Crippen LogP contribution < -0.4 is 0 Å². The standard InChI is InChI=1S/C74H50N2/c1-74(2)68-25-15-14-24-61(68)65-41-56(35-38-69(65)74)55-34-37-60-58-22-12-13-23-59(58)64-46-73-67(45-63(64)62(60)40-55)66-42-54(49-20-10-5-11-21-49)36-39-72(66)76(73)57-43-70(52-30-26-50(27-31-52)47-16-6-3-7-17-47)75-71(44-57)53-32-28-51(29-33-53)48-18-8-4-9-19-48/h3-46H,1-2H3. The van der Waals surface area contributed by atoms with Gasteiger partial charge in [0.15, 0.2) is 0 Å². The summed E-state index contributed by atoms with van der Waals surface area (Å²) in [5, 5.41) is 9.88. The molecule has 2 heterocycles. The molecule has 2 aromatic heterocycles. The van der Waals surface area contributed by atoms with Crippen molar-refractivity contribution < 1.29 is 0 Å². The Balaban J connectivity index is 0.978. The molecule has 1 aliphatic carbocycles. The number of hydrogen-bond acceptors (Lipinski definition) is 1. The highest BCUT2D eigenvalue weighted by Crippen LogP contribution is 2.50. The number of benzene rings is 12. The van der Waals surface area contributed by atoms with Crippen LogP contribution >= 0.6 is 0 Å². The van der Waals surface area contributed by atoms with Gasteiger partial charge in [-0.05, 0) is 148 Å². The van der Waals surface area contributed by atoms with E-state index in [0.717, 1.165) is 39.2 Å². The number of pyridine rings is 1. The quantitative estimate of drug-likeness (QED) is 0.146. The van der Waals surface area contributed by atoms with Gasteiger partial charge in [-0.25, -0.2) is 4.98 Å². The molecule has 0 saturated heterocycles. The Bertz CT molecular complexity index is 4500. The van der Waals surface area contributed by atoms with Crippen LogP contribution in [0.5, 0.6) is 0 Å². The molecule has 0 unspecified atom stereocenters. The fourth-order valence-corrected chi connectivity index (χ4v) is 12.5. The Labute approximate surface area is 442 Å². The van der Waals surface area contributed by atoms with Crippen LogP contribution in [0.3, 0.4) is 0 Å². The van der Waals surface area contributed by atoms with E-state index in [1.54, 1.807) is 0 Å². The highest BCUT2D eigenvalue weighted by atomic mass is 15.0. The molecular formula is C74H50N2. The average Bonchev–Trinajstić information content (AvgIpc) is 4.07. The van der Waals surface area contributed by atoms with E-state index in [2.05, 4.69) is 285 Å². The molecule has 2 nitrogen and oxygen atoms in total. The topological polar surface area (TPSA) is 17.8 Å². The van der Waals surface area contributed by atoms with Crippen LogP contribution in [0, 0.1) is 0 Å². The van der Waals surface area contributed by atoms with E-state index in [0.29, 0.717) is 0 Å². The maximum Gasteiger partial charge on any atom is 0.0730 e. The summed E-state index contributed by atoms with van der Waals surface area (Å²) in [4.78, 5) is 5.48. The molecule has 15 rings (SSSR count). The number of aromatic nitrogens is 2. The van der Waals surface area contributed by atoms with E-state index in [-0.39, 0.29) is 5.41 Å². The van der Waals surface area contributed by atoms with Crippen molar-refractivity contribution in [2.24, 2.45) is 0 Å². The molecule has 0 N–H and O–H groups in total. The first-order valence-corrected chi connectivity index (χ1v) is 26.4. The zero-order valence-corrected chi connectivity index (χ0v) is 42.3. The van der Waals surface area contributed by atoms with Gasteiger partial charge in [0.25, 0.3) is 0 Å². The largest absolute Gasteiger partial charge is 0.309 e. The van der Waals surface area contributed by atoms with Gasteiger partial charge in [0, 0.05) is 27.3 Å². The van der Waals surface area contributed by atoms with Crippen LogP contribution in [0.15, 0.2) is 267 Å². The first-order chi connectivity index (χ1) is 37.4. The van der Waals surface area contributed by atoms with Gasteiger partial charge in [-0.2, -0.15) is 0 Å². The first-order valence-electron chi connectivity index (χ1n) is 26.4. The molecule has 0 fully saturated rings. The molecule has 0 bridgehead atoms. The molecule has 76 heavy (non-hydrogen) atoms. The monoisotopic (exact) mass is 966 g/mol. The van der Waals surface area contributed by atoms with Gasteiger partial charge in [-0.3, -0.25) is 0 Å². The maximum absolute atomic E-state index is 5.48. The summed E-state index contributed by atoms with van der Waals surface area (Å²) in [5.74, 6) is 0. The molecule has 0 atom stereocenters. The Morgan fingerprint density at radius 1 is 0.263 bits per heavy atom. The minimum Gasteiger partial charge on any atom is -0.309 e. The number of rotatable bonds is 7. The molecule has 14 aromatic rings. The van der Waals surface area contributed by atoms with E-state index in [1.165, 1.54) is 110 Å². The Morgan fingerprint density at radius 3 is 1.32 bits per heavy atom. The molecule has 0 aliphatic heterocycles. The Kier molecular flexibility index (Phi) is 9.96. The molecule has 0 saturated carbocycles. The summed E-state index contributed by atoms with van der Waals surface area (Å²) in [6.07, 6.45) is 0. The Hall–Kier alpha value is -9.63. The fourth-order valence-electron chi connectivity index (χ4n) is 12.5. The summed E-state index contributed by atoms with van der Waals surface area (Å²) in [6, 6.07) is 98.4. The van der Waals surface area contributed by atoms with Crippen LogP contribution in [0.2, 0.25) is 0 Å². The van der Waals surface area contributed by atoms with Crippen molar-refractivity contribution in [2.75, 3.05) is 0 Å². The lowest BCUT2D eigenvalue weighted by Gasteiger charge is -2.21. The minimum absolute atomic E-state index is 0.0461. The summed E-state index contributed by atoms with van der Waals surface area (Å²) in [7, 11) is 0.